The molecular weight excluding hydrogens is 272 g/mol. The Kier molecular flexibility index (Phi) is 5.13. The van der Waals surface area contributed by atoms with Gasteiger partial charge in [-0.15, -0.1) is 11.8 Å². The highest BCUT2D eigenvalue weighted by molar-refractivity contribution is 8.00. The summed E-state index contributed by atoms with van der Waals surface area (Å²) < 4.78 is 5.16. The van der Waals surface area contributed by atoms with Gasteiger partial charge in [-0.05, 0) is 12.8 Å². The summed E-state index contributed by atoms with van der Waals surface area (Å²) in [5, 5.41) is 7.43. The topological polar surface area (TPSA) is 55.1 Å². The number of carbonyl (C=O) groups is 1. The molecule has 112 valence electrons. The van der Waals surface area contributed by atoms with Gasteiger partial charge in [-0.1, -0.05) is 45.2 Å². The standard InChI is InChI=1S/C15H24N2O2S/c1-15(2,3)12-9-14(19-17-12)16-13(18)10-20-11-7-5-4-6-8-11/h9,11H,4-8,10H2,1-3H3,(H,16,18). The summed E-state index contributed by atoms with van der Waals surface area (Å²) in [4.78, 5) is 11.9. The van der Waals surface area contributed by atoms with E-state index in [-0.39, 0.29) is 11.3 Å². The van der Waals surface area contributed by atoms with E-state index in [9.17, 15) is 4.79 Å². The lowest BCUT2D eigenvalue weighted by molar-refractivity contribution is -0.113. The maximum atomic E-state index is 11.9. The summed E-state index contributed by atoms with van der Waals surface area (Å²) in [6.45, 7) is 6.19. The second kappa shape index (κ2) is 6.66. The highest BCUT2D eigenvalue weighted by Crippen LogP contribution is 2.28. The van der Waals surface area contributed by atoms with Crippen molar-refractivity contribution in [1.29, 1.82) is 0 Å². The van der Waals surface area contributed by atoms with Gasteiger partial charge >= 0.3 is 0 Å². The van der Waals surface area contributed by atoms with Gasteiger partial charge in [-0.2, -0.15) is 0 Å². The van der Waals surface area contributed by atoms with E-state index in [4.69, 9.17) is 4.52 Å². The van der Waals surface area contributed by atoms with Gasteiger partial charge in [0.15, 0.2) is 0 Å². The average Bonchev–Trinajstić information content (AvgIpc) is 2.86. The minimum Gasteiger partial charge on any atom is -0.338 e. The van der Waals surface area contributed by atoms with E-state index in [1.807, 2.05) is 6.07 Å². The molecule has 2 rings (SSSR count). The Morgan fingerprint density at radius 3 is 2.70 bits per heavy atom. The summed E-state index contributed by atoms with van der Waals surface area (Å²) in [6, 6.07) is 1.81. The predicted molar refractivity (Wildman–Crippen MR) is 83.2 cm³/mol. The number of anilines is 1. The molecule has 0 unspecified atom stereocenters. The van der Waals surface area contributed by atoms with Crippen LogP contribution in [0.3, 0.4) is 0 Å². The molecule has 1 aromatic heterocycles. The number of nitrogens with zero attached hydrogens (tertiary/aromatic N) is 1. The minimum absolute atomic E-state index is 0.00261. The van der Waals surface area contributed by atoms with Gasteiger partial charge < -0.3 is 4.52 Å². The first-order chi connectivity index (χ1) is 9.45. The van der Waals surface area contributed by atoms with Crippen LogP contribution in [0.4, 0.5) is 5.88 Å². The smallest absolute Gasteiger partial charge is 0.236 e. The van der Waals surface area contributed by atoms with Gasteiger partial charge in [0.1, 0.15) is 0 Å². The van der Waals surface area contributed by atoms with Crippen molar-refractivity contribution >= 4 is 23.6 Å². The Hall–Kier alpha value is -0.970. The summed E-state index contributed by atoms with van der Waals surface area (Å²) in [7, 11) is 0. The van der Waals surface area contributed by atoms with Crippen LogP contribution in [0.25, 0.3) is 0 Å². The van der Waals surface area contributed by atoms with Crippen LogP contribution < -0.4 is 5.32 Å². The van der Waals surface area contributed by atoms with Crippen molar-refractivity contribution in [3.05, 3.63) is 11.8 Å². The molecule has 1 saturated carbocycles. The zero-order valence-electron chi connectivity index (χ0n) is 12.6. The molecule has 0 saturated heterocycles. The summed E-state index contributed by atoms with van der Waals surface area (Å²) in [5.74, 6) is 0.942. The fourth-order valence-corrected chi connectivity index (χ4v) is 3.41. The van der Waals surface area contributed by atoms with E-state index in [1.54, 1.807) is 11.8 Å². The van der Waals surface area contributed by atoms with Gasteiger partial charge in [-0.25, -0.2) is 0 Å². The molecule has 0 aromatic carbocycles. The number of hydrogen-bond acceptors (Lipinski definition) is 4. The molecule has 1 heterocycles. The van der Waals surface area contributed by atoms with Crippen LogP contribution in [0.15, 0.2) is 10.6 Å². The zero-order valence-corrected chi connectivity index (χ0v) is 13.4. The minimum atomic E-state index is -0.0661. The Bertz CT molecular complexity index is 445. The fourth-order valence-electron chi connectivity index (χ4n) is 2.29. The first-order valence-corrected chi connectivity index (χ1v) is 8.38. The van der Waals surface area contributed by atoms with Crippen molar-refractivity contribution in [3.63, 3.8) is 0 Å². The zero-order chi connectivity index (χ0) is 14.6. The van der Waals surface area contributed by atoms with Crippen LogP contribution in [0, 0.1) is 0 Å². The maximum Gasteiger partial charge on any atom is 0.236 e. The Labute approximate surface area is 125 Å². The average molecular weight is 296 g/mol. The molecule has 20 heavy (non-hydrogen) atoms. The SMILES string of the molecule is CC(C)(C)c1cc(NC(=O)CSC2CCCCC2)on1. The number of thioether (sulfide) groups is 1. The van der Waals surface area contributed by atoms with Crippen LogP contribution in [0.2, 0.25) is 0 Å². The lowest BCUT2D eigenvalue weighted by atomic mass is 9.92. The number of carbonyl (C=O) groups excluding carboxylic acids is 1. The molecule has 0 spiro atoms. The molecule has 1 aliphatic carbocycles. The molecule has 0 aliphatic heterocycles. The van der Waals surface area contributed by atoms with Gasteiger partial charge in [0.2, 0.25) is 11.8 Å². The molecule has 4 nitrogen and oxygen atoms in total. The quantitative estimate of drug-likeness (QED) is 0.913. The first-order valence-electron chi connectivity index (χ1n) is 7.34. The van der Waals surface area contributed by atoms with Crippen molar-refractivity contribution in [1.82, 2.24) is 5.16 Å². The molecule has 0 bridgehead atoms. The molecule has 1 fully saturated rings. The van der Waals surface area contributed by atoms with Crippen LogP contribution in [-0.4, -0.2) is 22.1 Å². The summed E-state index contributed by atoms with van der Waals surface area (Å²) in [5.41, 5.74) is 0.788. The normalized spacial score (nSPS) is 17.1. The third-order valence-electron chi connectivity index (χ3n) is 3.54. The predicted octanol–water partition coefficient (Wildman–Crippen LogP) is 3.98. The van der Waals surface area contributed by atoms with Crippen molar-refractivity contribution in [2.45, 2.75) is 63.5 Å². The van der Waals surface area contributed by atoms with Gasteiger partial charge in [0.05, 0.1) is 11.4 Å². The Balaban J connectivity index is 1.77. The van der Waals surface area contributed by atoms with Gasteiger partial charge in [0, 0.05) is 16.7 Å². The van der Waals surface area contributed by atoms with Crippen LogP contribution >= 0.6 is 11.8 Å². The summed E-state index contributed by atoms with van der Waals surface area (Å²) in [6.07, 6.45) is 6.44. The first kappa shape index (κ1) is 15.4. The molecule has 1 aromatic rings. The van der Waals surface area contributed by atoms with Crippen LogP contribution in [0.5, 0.6) is 0 Å². The van der Waals surface area contributed by atoms with E-state index in [0.717, 1.165) is 5.69 Å². The van der Waals surface area contributed by atoms with Crippen molar-refractivity contribution in [2.75, 3.05) is 11.1 Å². The van der Waals surface area contributed by atoms with E-state index in [2.05, 4.69) is 31.2 Å². The van der Waals surface area contributed by atoms with Crippen molar-refractivity contribution in [3.8, 4) is 0 Å². The lowest BCUT2D eigenvalue weighted by Crippen LogP contribution is -2.17. The molecule has 1 amide bonds. The van der Waals surface area contributed by atoms with E-state index >= 15 is 0 Å². The fraction of sp³-hybridized carbons (Fsp3) is 0.733. The largest absolute Gasteiger partial charge is 0.338 e. The molecule has 0 radical (unpaired) electrons. The second-order valence-corrected chi connectivity index (χ2v) is 7.73. The highest BCUT2D eigenvalue weighted by Gasteiger charge is 2.20. The summed E-state index contributed by atoms with van der Waals surface area (Å²) >= 11 is 1.76. The maximum absolute atomic E-state index is 11.9. The highest BCUT2D eigenvalue weighted by atomic mass is 32.2. The second-order valence-electron chi connectivity index (χ2n) is 6.45. The third-order valence-corrected chi connectivity index (χ3v) is 4.92. The van der Waals surface area contributed by atoms with Gasteiger partial charge in [-0.3, -0.25) is 10.1 Å². The third kappa shape index (κ3) is 4.54. The monoisotopic (exact) mass is 296 g/mol. The number of aromatic nitrogens is 1. The number of rotatable bonds is 4. The molecule has 0 atom stereocenters. The Morgan fingerprint density at radius 1 is 1.40 bits per heavy atom. The van der Waals surface area contributed by atoms with E-state index in [0.29, 0.717) is 16.9 Å². The lowest BCUT2D eigenvalue weighted by Gasteiger charge is -2.20. The van der Waals surface area contributed by atoms with Gasteiger partial charge in [0.25, 0.3) is 0 Å². The molecule has 1 aliphatic rings. The number of amides is 1. The number of nitrogens with one attached hydrogen (secondary N) is 1. The van der Waals surface area contributed by atoms with E-state index < -0.39 is 0 Å². The van der Waals surface area contributed by atoms with E-state index in [1.165, 1.54) is 32.1 Å². The molecule has 5 heteroatoms. The molecule has 1 N–H and O–H groups in total. The van der Waals surface area contributed by atoms with Crippen molar-refractivity contribution < 1.29 is 9.32 Å². The van der Waals surface area contributed by atoms with Crippen molar-refractivity contribution in [2.24, 2.45) is 0 Å². The van der Waals surface area contributed by atoms with Crippen LogP contribution in [-0.2, 0) is 10.2 Å². The molecular formula is C15H24N2O2S. The van der Waals surface area contributed by atoms with Crippen LogP contribution in [0.1, 0.15) is 58.6 Å². The Morgan fingerprint density at radius 2 is 2.10 bits per heavy atom. The number of hydrogen-bond donors (Lipinski definition) is 1.